The molecule has 0 aliphatic heterocycles. The summed E-state index contributed by atoms with van der Waals surface area (Å²) in [5, 5.41) is 0. The highest BCUT2D eigenvalue weighted by atomic mass is 32.1. The van der Waals surface area contributed by atoms with Gasteiger partial charge in [0.1, 0.15) is 0 Å². The third-order valence-corrected chi connectivity index (χ3v) is 2.10. The summed E-state index contributed by atoms with van der Waals surface area (Å²) in [6.45, 7) is 7.57. The fourth-order valence-corrected chi connectivity index (χ4v) is 1.36. The van der Waals surface area contributed by atoms with Gasteiger partial charge in [0.05, 0.1) is 0 Å². The second-order valence-corrected chi connectivity index (χ2v) is 3.54. The molecule has 2 heteroatoms. The van der Waals surface area contributed by atoms with E-state index in [0.29, 0.717) is 0 Å². The van der Waals surface area contributed by atoms with Crippen molar-refractivity contribution in [2.45, 2.75) is 26.2 Å². The lowest BCUT2D eigenvalue weighted by molar-refractivity contribution is 0.125. The molecule has 12 heavy (non-hydrogen) atoms. The van der Waals surface area contributed by atoms with Gasteiger partial charge in [-0.05, 0) is 30.9 Å². The summed E-state index contributed by atoms with van der Waals surface area (Å²) in [4.78, 5) is 0. The molecule has 0 saturated carbocycles. The summed E-state index contributed by atoms with van der Waals surface area (Å²) in [6, 6.07) is 0. The Labute approximate surface area is 81.6 Å². The monoisotopic (exact) mass is 188 g/mol. The van der Waals surface area contributed by atoms with E-state index in [4.69, 9.17) is 4.74 Å². The number of ether oxygens (including phenoxy) is 1. The summed E-state index contributed by atoms with van der Waals surface area (Å²) < 4.78 is 5.39. The molecular formula is C10H20OS. The molecule has 1 atom stereocenters. The Bertz CT molecular complexity index is 104. The molecule has 0 heterocycles. The smallest absolute Gasteiger partial charge is 0.0500 e. The topological polar surface area (TPSA) is 9.23 Å². The molecule has 0 amide bonds. The minimum Gasteiger partial charge on any atom is -0.381 e. The predicted octanol–water partition coefficient (Wildman–Crippen LogP) is 2.93. The molecular weight excluding hydrogens is 168 g/mol. The van der Waals surface area contributed by atoms with Crippen LogP contribution >= 0.6 is 12.6 Å². The zero-order valence-corrected chi connectivity index (χ0v) is 8.85. The highest BCUT2D eigenvalue weighted by Gasteiger charge is 1.99. The summed E-state index contributed by atoms with van der Waals surface area (Å²) in [6.07, 6.45) is 5.18. The van der Waals surface area contributed by atoms with E-state index >= 15 is 0 Å². The first kappa shape index (κ1) is 12.0. The summed E-state index contributed by atoms with van der Waals surface area (Å²) in [5.41, 5.74) is 0. The van der Waals surface area contributed by atoms with E-state index in [1.54, 1.807) is 0 Å². The van der Waals surface area contributed by atoms with Crippen molar-refractivity contribution < 1.29 is 4.74 Å². The fourth-order valence-electron chi connectivity index (χ4n) is 0.918. The second kappa shape index (κ2) is 9.14. The highest BCUT2D eigenvalue weighted by Crippen LogP contribution is 2.07. The molecule has 1 unspecified atom stereocenters. The maximum atomic E-state index is 5.39. The van der Waals surface area contributed by atoms with Crippen molar-refractivity contribution in [3.63, 3.8) is 0 Å². The minimum absolute atomic E-state index is 0.742. The minimum atomic E-state index is 0.742. The van der Waals surface area contributed by atoms with Crippen molar-refractivity contribution in [3.05, 3.63) is 12.7 Å². The van der Waals surface area contributed by atoms with Gasteiger partial charge in [0.15, 0.2) is 0 Å². The van der Waals surface area contributed by atoms with Crippen LogP contribution in [0, 0.1) is 5.92 Å². The lowest BCUT2D eigenvalue weighted by Crippen LogP contribution is -2.03. The third-order valence-electron chi connectivity index (χ3n) is 1.84. The Morgan fingerprint density at radius 1 is 1.42 bits per heavy atom. The quantitative estimate of drug-likeness (QED) is 0.350. The largest absolute Gasteiger partial charge is 0.381 e. The summed E-state index contributed by atoms with van der Waals surface area (Å²) in [7, 11) is 0. The van der Waals surface area contributed by atoms with Gasteiger partial charge in [-0.25, -0.2) is 0 Å². The first-order valence-corrected chi connectivity index (χ1v) is 5.24. The summed E-state index contributed by atoms with van der Waals surface area (Å²) in [5.74, 6) is 1.72. The van der Waals surface area contributed by atoms with Crippen LogP contribution in [0.2, 0.25) is 0 Å². The zero-order valence-electron chi connectivity index (χ0n) is 7.96. The Balaban J connectivity index is 3.02. The Morgan fingerprint density at radius 3 is 2.75 bits per heavy atom. The van der Waals surface area contributed by atoms with Crippen molar-refractivity contribution in [2.24, 2.45) is 5.92 Å². The van der Waals surface area contributed by atoms with Gasteiger partial charge in [-0.3, -0.25) is 0 Å². The van der Waals surface area contributed by atoms with E-state index in [1.165, 1.54) is 6.42 Å². The normalized spacial score (nSPS) is 12.8. The van der Waals surface area contributed by atoms with Gasteiger partial charge >= 0.3 is 0 Å². The van der Waals surface area contributed by atoms with Crippen LogP contribution in [-0.2, 0) is 4.74 Å². The number of thiol groups is 1. The molecule has 0 N–H and O–H groups in total. The van der Waals surface area contributed by atoms with Crippen LogP contribution in [0.1, 0.15) is 26.2 Å². The van der Waals surface area contributed by atoms with Gasteiger partial charge in [-0.2, -0.15) is 12.6 Å². The van der Waals surface area contributed by atoms with Crippen LogP contribution in [0.25, 0.3) is 0 Å². The molecule has 0 fully saturated rings. The first-order chi connectivity index (χ1) is 5.81. The standard InChI is InChI=1S/C10H20OS/c1-3-4-7-11-8-5-10(2)6-9-12/h3,10,12H,1,4-9H2,2H3. The van der Waals surface area contributed by atoms with Crippen molar-refractivity contribution in [1.29, 1.82) is 0 Å². The number of hydrogen-bond acceptors (Lipinski definition) is 2. The molecule has 0 aromatic heterocycles. The average molecular weight is 188 g/mol. The lowest BCUT2D eigenvalue weighted by Gasteiger charge is -2.09. The molecule has 0 aliphatic carbocycles. The van der Waals surface area contributed by atoms with Gasteiger partial charge in [0, 0.05) is 13.2 Å². The second-order valence-electron chi connectivity index (χ2n) is 3.10. The van der Waals surface area contributed by atoms with E-state index in [2.05, 4.69) is 26.1 Å². The number of rotatable bonds is 8. The fraction of sp³-hybridized carbons (Fsp3) is 0.800. The molecule has 0 bridgehead atoms. The van der Waals surface area contributed by atoms with Crippen LogP contribution in [0.5, 0.6) is 0 Å². The molecule has 0 aromatic rings. The molecule has 1 nitrogen and oxygen atoms in total. The van der Waals surface area contributed by atoms with Crippen LogP contribution in [0.4, 0.5) is 0 Å². The van der Waals surface area contributed by atoms with Crippen LogP contribution in [0.3, 0.4) is 0 Å². The molecule has 0 rings (SSSR count). The maximum absolute atomic E-state index is 5.39. The van der Waals surface area contributed by atoms with Gasteiger partial charge in [0.2, 0.25) is 0 Å². The molecule has 0 spiro atoms. The van der Waals surface area contributed by atoms with E-state index in [1.807, 2.05) is 6.08 Å². The van der Waals surface area contributed by atoms with Gasteiger partial charge in [-0.1, -0.05) is 13.0 Å². The van der Waals surface area contributed by atoms with Crippen LogP contribution in [-0.4, -0.2) is 19.0 Å². The summed E-state index contributed by atoms with van der Waals surface area (Å²) >= 11 is 4.18. The molecule has 0 aromatic carbocycles. The highest BCUT2D eigenvalue weighted by molar-refractivity contribution is 7.80. The van der Waals surface area contributed by atoms with Crippen molar-refractivity contribution in [1.82, 2.24) is 0 Å². The van der Waals surface area contributed by atoms with Crippen molar-refractivity contribution >= 4 is 12.6 Å². The predicted molar refractivity (Wildman–Crippen MR) is 57.9 cm³/mol. The molecule has 0 radical (unpaired) electrons. The lowest BCUT2D eigenvalue weighted by atomic mass is 10.1. The Hall–Kier alpha value is 0.0500. The first-order valence-electron chi connectivity index (χ1n) is 4.60. The van der Waals surface area contributed by atoms with Crippen LogP contribution in [0.15, 0.2) is 12.7 Å². The van der Waals surface area contributed by atoms with E-state index in [-0.39, 0.29) is 0 Å². The van der Waals surface area contributed by atoms with Crippen molar-refractivity contribution in [3.8, 4) is 0 Å². The van der Waals surface area contributed by atoms with Gasteiger partial charge < -0.3 is 4.74 Å². The number of hydrogen-bond donors (Lipinski definition) is 1. The average Bonchev–Trinajstić information content (AvgIpc) is 2.05. The zero-order chi connectivity index (χ0) is 9.23. The SMILES string of the molecule is C=CCCOCCC(C)CCS. The van der Waals surface area contributed by atoms with E-state index in [9.17, 15) is 0 Å². The Morgan fingerprint density at radius 2 is 2.17 bits per heavy atom. The maximum Gasteiger partial charge on any atom is 0.0500 e. The van der Waals surface area contributed by atoms with Gasteiger partial charge in [0.25, 0.3) is 0 Å². The molecule has 72 valence electrons. The third kappa shape index (κ3) is 8.15. The van der Waals surface area contributed by atoms with Crippen molar-refractivity contribution in [2.75, 3.05) is 19.0 Å². The van der Waals surface area contributed by atoms with Crippen LogP contribution < -0.4 is 0 Å². The van der Waals surface area contributed by atoms with E-state index in [0.717, 1.165) is 37.7 Å². The molecule has 0 aliphatic rings. The van der Waals surface area contributed by atoms with Gasteiger partial charge in [-0.15, -0.1) is 6.58 Å². The Kier molecular flexibility index (Phi) is 9.18. The molecule has 0 saturated heterocycles. The van der Waals surface area contributed by atoms with E-state index < -0.39 is 0 Å².